The Kier molecular flexibility index (Phi) is 1.78. The van der Waals surface area contributed by atoms with Crippen LogP contribution in [0.2, 0.25) is 0 Å². The lowest BCUT2D eigenvalue weighted by molar-refractivity contribution is -0.384. The topological polar surface area (TPSA) is 43.1 Å². The third-order valence-electron chi connectivity index (χ3n) is 2.66. The highest BCUT2D eigenvalue weighted by atomic mass is 16.6. The number of benzene rings is 1. The van der Waals surface area contributed by atoms with Crippen LogP contribution in [-0.4, -0.2) is 4.92 Å². The van der Waals surface area contributed by atoms with Gasteiger partial charge in [0, 0.05) is 12.1 Å². The van der Waals surface area contributed by atoms with Crippen LogP contribution in [0.4, 0.5) is 5.69 Å². The van der Waals surface area contributed by atoms with E-state index in [9.17, 15) is 10.1 Å². The first-order valence-electron chi connectivity index (χ1n) is 4.41. The summed E-state index contributed by atoms with van der Waals surface area (Å²) in [4.78, 5) is 10.0. The van der Waals surface area contributed by atoms with Crippen molar-refractivity contribution in [2.45, 2.75) is 18.3 Å². The first kappa shape index (κ1) is 8.76. The highest BCUT2D eigenvalue weighted by molar-refractivity contribution is 5.44. The van der Waals surface area contributed by atoms with E-state index in [1.807, 2.05) is 0 Å². The second-order valence-corrected chi connectivity index (χ2v) is 3.53. The van der Waals surface area contributed by atoms with Crippen molar-refractivity contribution in [3.05, 3.63) is 39.9 Å². The first-order valence-corrected chi connectivity index (χ1v) is 4.41. The third kappa shape index (κ3) is 1.25. The molecule has 1 saturated carbocycles. The molecule has 1 aliphatic rings. The molecule has 0 amide bonds. The zero-order chi connectivity index (χ0) is 10.2. The van der Waals surface area contributed by atoms with Gasteiger partial charge in [-0.2, -0.15) is 0 Å². The maximum Gasteiger partial charge on any atom is 0.269 e. The van der Waals surface area contributed by atoms with E-state index >= 15 is 0 Å². The third-order valence-corrected chi connectivity index (χ3v) is 2.66. The molecule has 1 fully saturated rings. The molecule has 1 aromatic carbocycles. The van der Waals surface area contributed by atoms with Crippen molar-refractivity contribution in [1.29, 1.82) is 0 Å². The van der Waals surface area contributed by atoms with Crippen molar-refractivity contribution < 1.29 is 4.92 Å². The van der Waals surface area contributed by atoms with Crippen molar-refractivity contribution in [1.82, 2.24) is 0 Å². The summed E-state index contributed by atoms with van der Waals surface area (Å²) in [6.07, 6.45) is 7.39. The lowest BCUT2D eigenvalue weighted by atomic mass is 9.97. The molecular formula is C11H9NO2. The second kappa shape index (κ2) is 2.85. The largest absolute Gasteiger partial charge is 0.269 e. The van der Waals surface area contributed by atoms with Crippen LogP contribution in [0.15, 0.2) is 24.3 Å². The summed E-state index contributed by atoms with van der Waals surface area (Å²) in [6.45, 7) is 0. The molecule has 1 aliphatic carbocycles. The Morgan fingerprint density at radius 2 is 1.93 bits per heavy atom. The average Bonchev–Trinajstić information content (AvgIpc) is 2.99. The molecule has 0 N–H and O–H groups in total. The van der Waals surface area contributed by atoms with Crippen LogP contribution in [0.1, 0.15) is 18.4 Å². The standard InChI is InChI=1S/C11H9NO2/c1-2-11(7-8-11)9-3-5-10(6-4-9)12(13)14/h1,3-6H,7-8H2. The predicted octanol–water partition coefficient (Wildman–Crippen LogP) is 2.26. The van der Waals surface area contributed by atoms with Crippen molar-refractivity contribution >= 4 is 5.69 Å². The lowest BCUT2D eigenvalue weighted by Crippen LogP contribution is -2.02. The monoisotopic (exact) mass is 187 g/mol. The zero-order valence-electron chi connectivity index (χ0n) is 7.56. The molecule has 1 aromatic rings. The molecule has 3 nitrogen and oxygen atoms in total. The molecule has 2 rings (SSSR count). The molecule has 0 aromatic heterocycles. The normalized spacial score (nSPS) is 17.1. The number of nitro benzene ring substituents is 1. The molecule has 0 atom stereocenters. The lowest BCUT2D eigenvalue weighted by Gasteiger charge is -2.06. The van der Waals surface area contributed by atoms with Crippen molar-refractivity contribution in [3.63, 3.8) is 0 Å². The maximum atomic E-state index is 10.4. The van der Waals surface area contributed by atoms with Crippen LogP contribution in [0.3, 0.4) is 0 Å². The number of nitrogens with zero attached hydrogens (tertiary/aromatic N) is 1. The molecule has 0 radical (unpaired) electrons. The van der Waals surface area contributed by atoms with Gasteiger partial charge in [0.05, 0.1) is 10.3 Å². The maximum absolute atomic E-state index is 10.4. The predicted molar refractivity (Wildman–Crippen MR) is 52.8 cm³/mol. The number of nitro groups is 1. The number of hydrogen-bond donors (Lipinski definition) is 0. The highest BCUT2D eigenvalue weighted by Crippen LogP contribution is 2.47. The first-order chi connectivity index (χ1) is 6.68. The van der Waals surface area contributed by atoms with Gasteiger partial charge in [0.2, 0.25) is 0 Å². The number of hydrogen-bond acceptors (Lipinski definition) is 2. The van der Waals surface area contributed by atoms with Crippen molar-refractivity contribution in [3.8, 4) is 12.3 Å². The highest BCUT2D eigenvalue weighted by Gasteiger charge is 2.42. The second-order valence-electron chi connectivity index (χ2n) is 3.53. The molecule has 0 unspecified atom stereocenters. The van der Waals surface area contributed by atoms with E-state index in [1.54, 1.807) is 12.1 Å². The number of non-ortho nitro benzene ring substituents is 1. The minimum atomic E-state index is -0.404. The van der Waals surface area contributed by atoms with Crippen LogP contribution in [0.5, 0.6) is 0 Å². The quantitative estimate of drug-likeness (QED) is 0.405. The van der Waals surface area contributed by atoms with Crippen LogP contribution >= 0.6 is 0 Å². The van der Waals surface area contributed by atoms with E-state index in [0.717, 1.165) is 18.4 Å². The van der Waals surface area contributed by atoms with Crippen LogP contribution in [0.25, 0.3) is 0 Å². The molecule has 0 heterocycles. The van der Waals surface area contributed by atoms with Gasteiger partial charge in [0.25, 0.3) is 5.69 Å². The Morgan fingerprint density at radius 3 is 2.29 bits per heavy atom. The van der Waals surface area contributed by atoms with E-state index in [-0.39, 0.29) is 11.1 Å². The Balaban J connectivity index is 2.32. The molecule has 0 saturated heterocycles. The fourth-order valence-corrected chi connectivity index (χ4v) is 1.54. The molecule has 14 heavy (non-hydrogen) atoms. The van der Waals surface area contributed by atoms with E-state index in [4.69, 9.17) is 6.42 Å². The van der Waals surface area contributed by atoms with Gasteiger partial charge in [0.15, 0.2) is 0 Å². The number of terminal acetylenes is 1. The van der Waals surface area contributed by atoms with Gasteiger partial charge in [-0.25, -0.2) is 0 Å². The summed E-state index contributed by atoms with van der Waals surface area (Å²) in [5.41, 5.74) is 1.00. The van der Waals surface area contributed by atoms with Gasteiger partial charge < -0.3 is 0 Å². The minimum absolute atomic E-state index is 0.113. The summed E-state index contributed by atoms with van der Waals surface area (Å²) in [5, 5.41) is 10.4. The SMILES string of the molecule is C#CC1(c2ccc([N+](=O)[O-])cc2)CC1. The van der Waals surface area contributed by atoms with Gasteiger partial charge in [-0.15, -0.1) is 6.42 Å². The van der Waals surface area contributed by atoms with E-state index in [1.165, 1.54) is 12.1 Å². The Morgan fingerprint density at radius 1 is 1.36 bits per heavy atom. The van der Waals surface area contributed by atoms with Crippen molar-refractivity contribution in [2.75, 3.05) is 0 Å². The van der Waals surface area contributed by atoms with Gasteiger partial charge in [-0.05, 0) is 18.4 Å². The smallest absolute Gasteiger partial charge is 0.258 e. The van der Waals surface area contributed by atoms with E-state index in [2.05, 4.69) is 5.92 Å². The molecule has 70 valence electrons. The van der Waals surface area contributed by atoms with Crippen LogP contribution < -0.4 is 0 Å². The van der Waals surface area contributed by atoms with E-state index in [0.29, 0.717) is 0 Å². The fraction of sp³-hybridized carbons (Fsp3) is 0.273. The van der Waals surface area contributed by atoms with Gasteiger partial charge in [-0.3, -0.25) is 10.1 Å². The van der Waals surface area contributed by atoms with Gasteiger partial charge in [-0.1, -0.05) is 18.1 Å². The van der Waals surface area contributed by atoms with Crippen LogP contribution in [0, 0.1) is 22.5 Å². The molecule has 0 bridgehead atoms. The van der Waals surface area contributed by atoms with Gasteiger partial charge in [0.1, 0.15) is 0 Å². The molecular weight excluding hydrogens is 178 g/mol. The van der Waals surface area contributed by atoms with Gasteiger partial charge >= 0.3 is 0 Å². The Bertz CT molecular complexity index is 410. The summed E-state index contributed by atoms with van der Waals surface area (Å²) < 4.78 is 0. The molecule has 3 heteroatoms. The molecule has 0 spiro atoms. The molecule has 0 aliphatic heterocycles. The summed E-state index contributed by atoms with van der Waals surface area (Å²) in [7, 11) is 0. The van der Waals surface area contributed by atoms with E-state index < -0.39 is 4.92 Å². The fourth-order valence-electron chi connectivity index (χ4n) is 1.54. The minimum Gasteiger partial charge on any atom is -0.258 e. The summed E-state index contributed by atoms with van der Waals surface area (Å²) in [5.74, 6) is 2.75. The zero-order valence-corrected chi connectivity index (χ0v) is 7.56. The Labute approximate surface area is 81.9 Å². The number of rotatable bonds is 2. The average molecular weight is 187 g/mol. The van der Waals surface area contributed by atoms with Crippen molar-refractivity contribution in [2.24, 2.45) is 0 Å². The Hall–Kier alpha value is -1.82. The summed E-state index contributed by atoms with van der Waals surface area (Å²) in [6, 6.07) is 6.52. The van der Waals surface area contributed by atoms with Crippen LogP contribution in [-0.2, 0) is 5.41 Å². The summed E-state index contributed by atoms with van der Waals surface area (Å²) >= 11 is 0.